The number of halogens is 3. The Hall–Kier alpha value is 0.830. The monoisotopic (exact) mass is 189 g/mol. The van der Waals surface area contributed by atoms with Crippen molar-refractivity contribution in [1.29, 1.82) is 0 Å². The summed E-state index contributed by atoms with van der Waals surface area (Å²) in [4.78, 5) is 0. The molecule has 0 aromatic rings. The van der Waals surface area contributed by atoms with E-state index < -0.39 is 3.79 Å². The van der Waals surface area contributed by atoms with Gasteiger partial charge in [-0.25, -0.2) is 0 Å². The maximum atomic E-state index is 5.40. The Labute approximate surface area is 70.2 Å². The lowest BCUT2D eigenvalue weighted by Gasteiger charge is -2.08. The zero-order chi connectivity index (χ0) is 7.33. The Morgan fingerprint density at radius 2 is 1.89 bits per heavy atom. The molecule has 0 aromatic carbocycles. The van der Waals surface area contributed by atoms with E-state index in [2.05, 4.69) is 6.92 Å². The summed E-state index contributed by atoms with van der Waals surface area (Å²) in [5.41, 5.74) is 0. The maximum absolute atomic E-state index is 5.40. The Balaban J connectivity index is 3.07. The van der Waals surface area contributed by atoms with Crippen molar-refractivity contribution in [2.24, 2.45) is 0 Å². The average Bonchev–Trinajstić information content (AvgIpc) is 1.63. The average molecular weight is 190 g/mol. The van der Waals surface area contributed by atoms with Gasteiger partial charge in [-0.3, -0.25) is 0 Å². The summed E-state index contributed by atoms with van der Waals surface area (Å²) in [5, 5.41) is 0. The van der Waals surface area contributed by atoms with E-state index in [1.807, 2.05) is 0 Å². The molecule has 0 fully saturated rings. The third-order valence-corrected chi connectivity index (χ3v) is 1.24. The molecule has 1 radical (unpaired) electrons. The molecule has 0 N–H and O–H groups in total. The molecule has 0 spiro atoms. The fourth-order valence-corrected chi connectivity index (χ4v) is 0.521. The van der Waals surface area contributed by atoms with Gasteiger partial charge in [0.25, 0.3) is 0 Å². The van der Waals surface area contributed by atoms with E-state index in [-0.39, 0.29) is 0 Å². The van der Waals surface area contributed by atoms with Crippen molar-refractivity contribution in [3.63, 3.8) is 0 Å². The Morgan fingerprint density at radius 3 is 2.22 bits per heavy atom. The Kier molecular flexibility index (Phi) is 5.04. The molecule has 4 heteroatoms. The van der Waals surface area contributed by atoms with Gasteiger partial charge in [-0.15, -0.1) is 0 Å². The molecule has 0 bridgehead atoms. The third kappa shape index (κ3) is 8.83. The van der Waals surface area contributed by atoms with Crippen molar-refractivity contribution >= 4 is 34.8 Å². The first kappa shape index (κ1) is 9.83. The topological polar surface area (TPSA) is 9.23 Å². The predicted octanol–water partition coefficient (Wildman–Crippen LogP) is 2.60. The van der Waals surface area contributed by atoms with Gasteiger partial charge in [0.1, 0.15) is 0 Å². The first-order valence-corrected chi connectivity index (χ1v) is 3.63. The number of alkyl halides is 3. The van der Waals surface area contributed by atoms with Gasteiger partial charge in [0.05, 0.1) is 6.61 Å². The minimum absolute atomic E-state index is 0.410. The van der Waals surface area contributed by atoms with Gasteiger partial charge in [-0.2, -0.15) is 0 Å². The molecular weight excluding hydrogens is 182 g/mol. The molecule has 0 aliphatic carbocycles. The largest absolute Gasteiger partial charge is 0.381 e. The van der Waals surface area contributed by atoms with E-state index in [0.717, 1.165) is 0 Å². The summed E-state index contributed by atoms with van der Waals surface area (Å²) in [7, 11) is 0. The number of hydrogen-bond donors (Lipinski definition) is 0. The van der Waals surface area contributed by atoms with Gasteiger partial charge in [0.2, 0.25) is 0 Å². The summed E-state index contributed by atoms with van der Waals surface area (Å²) in [6.45, 7) is 4.32. The molecule has 0 aliphatic rings. The molecular formula is C5H8Cl3O. The lowest BCUT2D eigenvalue weighted by molar-refractivity contribution is 0.159. The standard InChI is InChI=1S/C5H8Cl3O/c1-2-9-4-3-5(6,7)8/h1-4H2. The molecule has 9 heavy (non-hydrogen) atoms. The lowest BCUT2D eigenvalue weighted by Crippen LogP contribution is -2.07. The van der Waals surface area contributed by atoms with E-state index in [0.29, 0.717) is 19.6 Å². The van der Waals surface area contributed by atoms with Crippen LogP contribution in [0.2, 0.25) is 0 Å². The van der Waals surface area contributed by atoms with Crippen molar-refractivity contribution in [1.82, 2.24) is 0 Å². The van der Waals surface area contributed by atoms with Crippen molar-refractivity contribution in [3.8, 4) is 0 Å². The highest BCUT2D eigenvalue weighted by Crippen LogP contribution is 2.29. The van der Waals surface area contributed by atoms with Crippen LogP contribution in [0, 0.1) is 6.92 Å². The highest BCUT2D eigenvalue weighted by molar-refractivity contribution is 6.67. The van der Waals surface area contributed by atoms with Crippen LogP contribution in [0.3, 0.4) is 0 Å². The molecule has 0 rings (SSSR count). The predicted molar refractivity (Wildman–Crippen MR) is 41.1 cm³/mol. The fraction of sp³-hybridized carbons (Fsp3) is 0.800. The minimum atomic E-state index is -1.19. The third-order valence-electron chi connectivity index (χ3n) is 0.674. The van der Waals surface area contributed by atoms with Crippen LogP contribution in [0.1, 0.15) is 6.42 Å². The highest BCUT2D eigenvalue weighted by Gasteiger charge is 2.18. The highest BCUT2D eigenvalue weighted by atomic mass is 35.6. The van der Waals surface area contributed by atoms with Crippen LogP contribution in [0.4, 0.5) is 0 Å². The summed E-state index contributed by atoms with van der Waals surface area (Å²) in [6.07, 6.45) is 0.410. The molecule has 0 saturated carbocycles. The van der Waals surface area contributed by atoms with Gasteiger partial charge in [0, 0.05) is 13.0 Å². The molecule has 0 saturated heterocycles. The minimum Gasteiger partial charge on any atom is -0.381 e. The Morgan fingerprint density at radius 1 is 1.33 bits per heavy atom. The maximum Gasteiger partial charge on any atom is 0.192 e. The summed E-state index contributed by atoms with van der Waals surface area (Å²) in [5.74, 6) is 0. The molecule has 0 amide bonds. The van der Waals surface area contributed by atoms with Crippen LogP contribution in [0.25, 0.3) is 0 Å². The van der Waals surface area contributed by atoms with Crippen molar-refractivity contribution in [3.05, 3.63) is 6.92 Å². The Bertz CT molecular complexity index is 69.1. The fourth-order valence-electron chi connectivity index (χ4n) is 0.290. The van der Waals surface area contributed by atoms with Crippen molar-refractivity contribution < 1.29 is 4.74 Å². The van der Waals surface area contributed by atoms with Crippen LogP contribution >= 0.6 is 34.8 Å². The van der Waals surface area contributed by atoms with Crippen LogP contribution in [0.5, 0.6) is 0 Å². The van der Waals surface area contributed by atoms with Crippen LogP contribution in [-0.4, -0.2) is 17.0 Å². The smallest absolute Gasteiger partial charge is 0.192 e. The summed E-state index contributed by atoms with van der Waals surface area (Å²) >= 11 is 16.2. The molecule has 0 heterocycles. The number of rotatable bonds is 3. The van der Waals surface area contributed by atoms with E-state index in [1.54, 1.807) is 0 Å². The van der Waals surface area contributed by atoms with E-state index in [4.69, 9.17) is 39.5 Å². The molecule has 0 atom stereocenters. The van der Waals surface area contributed by atoms with E-state index >= 15 is 0 Å². The SMILES string of the molecule is [CH2]COCCC(Cl)(Cl)Cl. The molecule has 0 aliphatic heterocycles. The molecule has 1 nitrogen and oxygen atoms in total. The normalized spacial score (nSPS) is 12.0. The van der Waals surface area contributed by atoms with E-state index in [1.165, 1.54) is 0 Å². The first-order valence-electron chi connectivity index (χ1n) is 2.50. The summed E-state index contributed by atoms with van der Waals surface area (Å²) < 4.78 is 3.66. The van der Waals surface area contributed by atoms with Crippen LogP contribution in [0.15, 0.2) is 0 Å². The number of ether oxygens (including phenoxy) is 1. The quantitative estimate of drug-likeness (QED) is 0.491. The van der Waals surface area contributed by atoms with Crippen LogP contribution < -0.4 is 0 Å². The van der Waals surface area contributed by atoms with Gasteiger partial charge in [0.15, 0.2) is 3.79 Å². The second kappa shape index (κ2) is 4.62. The van der Waals surface area contributed by atoms with Gasteiger partial charge >= 0.3 is 0 Å². The lowest BCUT2D eigenvalue weighted by atomic mass is 10.5. The second-order valence-corrected chi connectivity index (χ2v) is 3.99. The van der Waals surface area contributed by atoms with Crippen molar-refractivity contribution in [2.45, 2.75) is 10.2 Å². The van der Waals surface area contributed by atoms with Crippen LogP contribution in [-0.2, 0) is 4.74 Å². The second-order valence-electron chi connectivity index (χ2n) is 1.48. The van der Waals surface area contributed by atoms with E-state index in [9.17, 15) is 0 Å². The van der Waals surface area contributed by atoms with Gasteiger partial charge in [-0.1, -0.05) is 34.8 Å². The van der Waals surface area contributed by atoms with Gasteiger partial charge < -0.3 is 4.74 Å². The zero-order valence-electron chi connectivity index (χ0n) is 4.87. The number of hydrogen-bond acceptors (Lipinski definition) is 1. The zero-order valence-corrected chi connectivity index (χ0v) is 7.14. The molecule has 55 valence electrons. The van der Waals surface area contributed by atoms with Gasteiger partial charge in [-0.05, 0) is 6.92 Å². The molecule has 0 aromatic heterocycles. The summed E-state index contributed by atoms with van der Waals surface area (Å²) in [6, 6.07) is 0. The first-order chi connectivity index (χ1) is 4.06. The van der Waals surface area contributed by atoms with Crippen molar-refractivity contribution in [2.75, 3.05) is 13.2 Å². The molecule has 0 unspecified atom stereocenters.